The lowest BCUT2D eigenvalue weighted by Gasteiger charge is -2.49. The van der Waals surface area contributed by atoms with E-state index in [0.717, 1.165) is 25.7 Å². The lowest BCUT2D eigenvalue weighted by molar-refractivity contribution is -0.114. The average molecular weight is 244 g/mol. The van der Waals surface area contributed by atoms with Crippen molar-refractivity contribution in [2.75, 3.05) is 0 Å². The van der Waals surface area contributed by atoms with Crippen LogP contribution in [-0.4, -0.2) is 21.9 Å². The van der Waals surface area contributed by atoms with E-state index in [1.807, 2.05) is 13.8 Å². The standard InChI is InChI=1S/C15H32O2/c1-8-12(16)10-9-11-15(7,17)14(5,6)13(2,3)4/h12,16-17H,8-11H2,1-7H3. The van der Waals surface area contributed by atoms with Gasteiger partial charge in [-0.2, -0.15) is 0 Å². The maximum Gasteiger partial charge on any atom is 0.0675 e. The van der Waals surface area contributed by atoms with E-state index in [0.29, 0.717) is 0 Å². The van der Waals surface area contributed by atoms with Gasteiger partial charge in [0.25, 0.3) is 0 Å². The van der Waals surface area contributed by atoms with Crippen molar-refractivity contribution in [1.29, 1.82) is 0 Å². The van der Waals surface area contributed by atoms with Crippen molar-refractivity contribution in [1.82, 2.24) is 0 Å². The summed E-state index contributed by atoms with van der Waals surface area (Å²) in [6.07, 6.45) is 2.98. The summed E-state index contributed by atoms with van der Waals surface area (Å²) in [7, 11) is 0. The van der Waals surface area contributed by atoms with Crippen LogP contribution in [0.3, 0.4) is 0 Å². The van der Waals surface area contributed by atoms with E-state index in [2.05, 4.69) is 34.6 Å². The average Bonchev–Trinajstić information content (AvgIpc) is 2.15. The van der Waals surface area contributed by atoms with Crippen molar-refractivity contribution in [3.63, 3.8) is 0 Å². The Balaban J connectivity index is 4.47. The van der Waals surface area contributed by atoms with Crippen LogP contribution in [0, 0.1) is 10.8 Å². The Kier molecular flexibility index (Phi) is 5.68. The maximum atomic E-state index is 10.7. The highest BCUT2D eigenvalue weighted by molar-refractivity contribution is 4.97. The molecule has 0 amide bonds. The Bertz CT molecular complexity index is 224. The molecule has 0 aromatic carbocycles. The minimum atomic E-state index is -0.696. The molecule has 0 spiro atoms. The molecular weight excluding hydrogens is 212 g/mol. The Morgan fingerprint density at radius 2 is 1.47 bits per heavy atom. The van der Waals surface area contributed by atoms with Gasteiger partial charge >= 0.3 is 0 Å². The summed E-state index contributed by atoms with van der Waals surface area (Å²) in [5, 5.41) is 20.2. The van der Waals surface area contributed by atoms with Crippen molar-refractivity contribution < 1.29 is 10.2 Å². The third-order valence-corrected chi connectivity index (χ3v) is 4.89. The first kappa shape index (κ1) is 16.9. The second kappa shape index (κ2) is 5.71. The molecule has 0 saturated heterocycles. The van der Waals surface area contributed by atoms with Gasteiger partial charge in [0.15, 0.2) is 0 Å². The SMILES string of the molecule is CCC(O)CCCC(C)(O)C(C)(C)C(C)(C)C. The van der Waals surface area contributed by atoms with Gasteiger partial charge in [-0.15, -0.1) is 0 Å². The predicted molar refractivity (Wildman–Crippen MR) is 74.0 cm³/mol. The summed E-state index contributed by atoms with van der Waals surface area (Å²) < 4.78 is 0. The molecule has 0 heterocycles. The molecule has 0 aliphatic carbocycles. The lowest BCUT2D eigenvalue weighted by Crippen LogP contribution is -2.49. The largest absolute Gasteiger partial charge is 0.393 e. The van der Waals surface area contributed by atoms with Crippen LogP contribution >= 0.6 is 0 Å². The van der Waals surface area contributed by atoms with Gasteiger partial charge in [0.2, 0.25) is 0 Å². The molecule has 2 heteroatoms. The second-order valence-electron chi connectivity index (χ2n) is 7.10. The topological polar surface area (TPSA) is 40.5 Å². The summed E-state index contributed by atoms with van der Waals surface area (Å²) in [5.41, 5.74) is -0.796. The van der Waals surface area contributed by atoms with E-state index in [1.54, 1.807) is 0 Å². The van der Waals surface area contributed by atoms with Crippen molar-refractivity contribution in [2.45, 2.75) is 85.9 Å². The Labute approximate surface area is 107 Å². The molecule has 2 nitrogen and oxygen atoms in total. The van der Waals surface area contributed by atoms with Crippen LogP contribution in [-0.2, 0) is 0 Å². The summed E-state index contributed by atoms with van der Waals surface area (Å²) in [6, 6.07) is 0. The molecule has 0 saturated carbocycles. The summed E-state index contributed by atoms with van der Waals surface area (Å²) in [4.78, 5) is 0. The molecule has 0 aromatic rings. The zero-order valence-corrected chi connectivity index (χ0v) is 12.8. The summed E-state index contributed by atoms with van der Waals surface area (Å²) in [5.74, 6) is 0. The first-order valence-corrected chi connectivity index (χ1v) is 6.86. The van der Waals surface area contributed by atoms with Crippen LogP contribution in [0.5, 0.6) is 0 Å². The van der Waals surface area contributed by atoms with Gasteiger partial charge in [-0.3, -0.25) is 0 Å². The summed E-state index contributed by atoms with van der Waals surface area (Å²) in [6.45, 7) is 14.7. The quantitative estimate of drug-likeness (QED) is 0.747. The Morgan fingerprint density at radius 1 is 1.00 bits per heavy atom. The van der Waals surface area contributed by atoms with Gasteiger partial charge in [0, 0.05) is 0 Å². The van der Waals surface area contributed by atoms with E-state index in [9.17, 15) is 10.2 Å². The molecule has 0 fully saturated rings. The van der Waals surface area contributed by atoms with E-state index < -0.39 is 5.60 Å². The van der Waals surface area contributed by atoms with Crippen LogP contribution in [0.4, 0.5) is 0 Å². The smallest absolute Gasteiger partial charge is 0.0675 e. The maximum absolute atomic E-state index is 10.7. The molecule has 17 heavy (non-hydrogen) atoms. The monoisotopic (exact) mass is 244 g/mol. The number of aliphatic hydroxyl groups excluding tert-OH is 1. The third-order valence-electron chi connectivity index (χ3n) is 4.89. The van der Waals surface area contributed by atoms with E-state index >= 15 is 0 Å². The molecule has 0 bridgehead atoms. The highest BCUT2D eigenvalue weighted by Gasteiger charge is 2.46. The predicted octanol–water partition coefficient (Wildman–Crippen LogP) is 3.75. The van der Waals surface area contributed by atoms with Gasteiger partial charge in [-0.1, -0.05) is 41.5 Å². The van der Waals surface area contributed by atoms with Gasteiger partial charge < -0.3 is 10.2 Å². The van der Waals surface area contributed by atoms with Crippen molar-refractivity contribution in [2.24, 2.45) is 10.8 Å². The molecule has 0 aliphatic heterocycles. The van der Waals surface area contributed by atoms with E-state index in [1.165, 1.54) is 0 Å². The van der Waals surface area contributed by atoms with Crippen molar-refractivity contribution in [3.05, 3.63) is 0 Å². The lowest BCUT2D eigenvalue weighted by atomic mass is 9.59. The fourth-order valence-corrected chi connectivity index (χ4v) is 2.01. The minimum Gasteiger partial charge on any atom is -0.393 e. The van der Waals surface area contributed by atoms with Crippen LogP contribution in [0.1, 0.15) is 74.1 Å². The molecule has 2 atom stereocenters. The first-order valence-electron chi connectivity index (χ1n) is 6.86. The minimum absolute atomic E-state index is 0.0554. The number of rotatable bonds is 6. The molecule has 0 aromatic heterocycles. The number of aliphatic hydroxyl groups is 2. The highest BCUT2D eigenvalue weighted by Crippen LogP contribution is 2.48. The van der Waals surface area contributed by atoms with Gasteiger partial charge in [-0.05, 0) is 43.4 Å². The fraction of sp³-hybridized carbons (Fsp3) is 1.00. The molecule has 2 unspecified atom stereocenters. The van der Waals surface area contributed by atoms with Crippen LogP contribution < -0.4 is 0 Å². The van der Waals surface area contributed by atoms with Gasteiger partial charge in [-0.25, -0.2) is 0 Å². The van der Waals surface area contributed by atoms with E-state index in [4.69, 9.17) is 0 Å². The molecule has 2 N–H and O–H groups in total. The Hall–Kier alpha value is -0.0800. The van der Waals surface area contributed by atoms with E-state index in [-0.39, 0.29) is 16.9 Å². The van der Waals surface area contributed by atoms with Crippen molar-refractivity contribution in [3.8, 4) is 0 Å². The molecule has 0 radical (unpaired) electrons. The normalized spacial score (nSPS) is 18.9. The Morgan fingerprint density at radius 3 is 1.82 bits per heavy atom. The van der Waals surface area contributed by atoms with Crippen LogP contribution in [0.25, 0.3) is 0 Å². The number of hydrogen-bond donors (Lipinski definition) is 2. The number of hydrogen-bond acceptors (Lipinski definition) is 2. The molecular formula is C15H32O2. The summed E-state index contributed by atoms with van der Waals surface area (Å²) >= 11 is 0. The molecule has 0 aliphatic rings. The third kappa shape index (κ3) is 4.26. The first-order chi connectivity index (χ1) is 7.45. The highest BCUT2D eigenvalue weighted by atomic mass is 16.3. The van der Waals surface area contributed by atoms with Crippen LogP contribution in [0.15, 0.2) is 0 Å². The van der Waals surface area contributed by atoms with Crippen LogP contribution in [0.2, 0.25) is 0 Å². The molecule has 0 rings (SSSR count). The fourth-order valence-electron chi connectivity index (χ4n) is 2.01. The zero-order valence-electron chi connectivity index (χ0n) is 12.8. The van der Waals surface area contributed by atoms with Gasteiger partial charge in [0.05, 0.1) is 11.7 Å². The van der Waals surface area contributed by atoms with Crippen molar-refractivity contribution >= 4 is 0 Å². The van der Waals surface area contributed by atoms with Gasteiger partial charge in [0.1, 0.15) is 0 Å². The second-order valence-corrected chi connectivity index (χ2v) is 7.10. The zero-order chi connectivity index (χ0) is 13.9. The molecule has 104 valence electrons.